The van der Waals surface area contributed by atoms with Crippen LogP contribution in [0.4, 0.5) is 16.2 Å². The normalized spacial score (nSPS) is 22.2. The number of anilines is 2. The van der Waals surface area contributed by atoms with Crippen molar-refractivity contribution in [2.45, 2.75) is 25.7 Å². The Kier molecular flexibility index (Phi) is 6.33. The summed E-state index contributed by atoms with van der Waals surface area (Å²) in [6.45, 7) is 2.83. The van der Waals surface area contributed by atoms with E-state index >= 15 is 0 Å². The van der Waals surface area contributed by atoms with Crippen LogP contribution in [0.2, 0.25) is 5.02 Å². The standard InChI is InChI=1S/C22H21ClFN5O4/c1-2-33-21(32)11-5-4-8-29(10-11)22-27-18-17(20(31)28-22)15(12(9-25)19(30)26-18)16-13(23)6-3-7-14(16)24/h3,6-7,11-12,15H,2,4-5,8,10H2,1H3,(H2,26,27,28,30,31). The van der Waals surface area contributed by atoms with Gasteiger partial charge in [0.15, 0.2) is 0 Å². The highest BCUT2D eigenvalue weighted by atomic mass is 35.5. The molecule has 4 rings (SSSR count). The molecule has 3 unspecified atom stereocenters. The van der Waals surface area contributed by atoms with E-state index in [1.807, 2.05) is 6.07 Å². The van der Waals surface area contributed by atoms with Crippen LogP contribution in [-0.4, -0.2) is 41.5 Å². The maximum absolute atomic E-state index is 14.7. The molecular weight excluding hydrogens is 453 g/mol. The molecule has 1 amide bonds. The molecule has 0 spiro atoms. The van der Waals surface area contributed by atoms with Crippen LogP contribution in [-0.2, 0) is 14.3 Å². The Balaban J connectivity index is 1.77. The third-order valence-electron chi connectivity index (χ3n) is 5.90. The summed E-state index contributed by atoms with van der Waals surface area (Å²) in [5.41, 5.74) is -0.782. The van der Waals surface area contributed by atoms with Crippen molar-refractivity contribution in [2.24, 2.45) is 11.8 Å². The van der Waals surface area contributed by atoms with Gasteiger partial charge in [0.2, 0.25) is 11.9 Å². The minimum atomic E-state index is -1.37. The zero-order valence-corrected chi connectivity index (χ0v) is 18.5. The number of fused-ring (bicyclic) bond motifs is 1. The van der Waals surface area contributed by atoms with Gasteiger partial charge in [0.05, 0.1) is 24.2 Å². The summed E-state index contributed by atoms with van der Waals surface area (Å²) >= 11 is 6.21. The van der Waals surface area contributed by atoms with Crippen LogP contribution < -0.4 is 15.8 Å². The van der Waals surface area contributed by atoms with Gasteiger partial charge in [-0.3, -0.25) is 19.4 Å². The predicted octanol–water partition coefficient (Wildman–Crippen LogP) is 2.57. The molecule has 2 N–H and O–H groups in total. The summed E-state index contributed by atoms with van der Waals surface area (Å²) in [5.74, 6) is -4.62. The van der Waals surface area contributed by atoms with E-state index in [4.69, 9.17) is 16.3 Å². The van der Waals surface area contributed by atoms with Crippen LogP contribution >= 0.6 is 11.6 Å². The second-order valence-corrected chi connectivity index (χ2v) is 8.31. The Morgan fingerprint density at radius 3 is 2.88 bits per heavy atom. The van der Waals surface area contributed by atoms with E-state index < -0.39 is 29.1 Å². The van der Waals surface area contributed by atoms with Crippen molar-refractivity contribution in [3.05, 3.63) is 50.5 Å². The van der Waals surface area contributed by atoms with Crippen molar-refractivity contribution in [1.82, 2.24) is 9.97 Å². The highest BCUT2D eigenvalue weighted by molar-refractivity contribution is 6.31. The largest absolute Gasteiger partial charge is 0.466 e. The van der Waals surface area contributed by atoms with Gasteiger partial charge in [-0.25, -0.2) is 4.39 Å². The summed E-state index contributed by atoms with van der Waals surface area (Å²) in [6.07, 6.45) is 1.33. The number of nitrogens with one attached hydrogen (secondary N) is 2. The average Bonchev–Trinajstić information content (AvgIpc) is 2.78. The molecule has 2 aromatic rings. The molecule has 0 saturated carbocycles. The summed E-state index contributed by atoms with van der Waals surface area (Å²) in [5, 5.41) is 12.1. The first-order valence-electron chi connectivity index (χ1n) is 10.6. The minimum Gasteiger partial charge on any atom is -0.466 e. The average molecular weight is 474 g/mol. The monoisotopic (exact) mass is 473 g/mol. The van der Waals surface area contributed by atoms with Crippen molar-refractivity contribution in [1.29, 1.82) is 5.26 Å². The number of aromatic amines is 1. The Morgan fingerprint density at radius 2 is 2.18 bits per heavy atom. The quantitative estimate of drug-likeness (QED) is 0.653. The van der Waals surface area contributed by atoms with Crippen LogP contribution in [0.15, 0.2) is 23.0 Å². The number of nitrogens with zero attached hydrogens (tertiary/aromatic N) is 3. The number of piperidine rings is 1. The summed E-state index contributed by atoms with van der Waals surface area (Å²) < 4.78 is 19.8. The van der Waals surface area contributed by atoms with Gasteiger partial charge in [-0.05, 0) is 31.9 Å². The molecule has 33 heavy (non-hydrogen) atoms. The van der Waals surface area contributed by atoms with Gasteiger partial charge >= 0.3 is 5.97 Å². The fourth-order valence-electron chi connectivity index (χ4n) is 4.39. The maximum Gasteiger partial charge on any atom is 0.310 e. The van der Waals surface area contributed by atoms with E-state index in [0.717, 1.165) is 6.07 Å². The van der Waals surface area contributed by atoms with Crippen LogP contribution in [0.3, 0.4) is 0 Å². The molecule has 2 aliphatic rings. The highest BCUT2D eigenvalue weighted by Crippen LogP contribution is 2.42. The van der Waals surface area contributed by atoms with Crippen molar-refractivity contribution in [3.8, 4) is 6.07 Å². The lowest BCUT2D eigenvalue weighted by atomic mass is 9.79. The number of hydrogen-bond acceptors (Lipinski definition) is 7. The second kappa shape index (κ2) is 9.19. The molecule has 9 nitrogen and oxygen atoms in total. The van der Waals surface area contributed by atoms with Gasteiger partial charge in [0.1, 0.15) is 17.6 Å². The molecule has 0 bridgehead atoms. The van der Waals surface area contributed by atoms with Gasteiger partial charge in [-0.2, -0.15) is 10.2 Å². The third kappa shape index (κ3) is 4.16. The number of nitriles is 1. The van der Waals surface area contributed by atoms with Crippen LogP contribution in [0, 0.1) is 29.0 Å². The van der Waals surface area contributed by atoms with Gasteiger partial charge < -0.3 is 15.0 Å². The minimum absolute atomic E-state index is 0.00214. The van der Waals surface area contributed by atoms with E-state index in [-0.39, 0.29) is 53.0 Å². The molecule has 1 aromatic heterocycles. The first-order chi connectivity index (χ1) is 15.8. The summed E-state index contributed by atoms with van der Waals surface area (Å²) in [7, 11) is 0. The molecule has 2 aliphatic heterocycles. The Labute approximate surface area is 193 Å². The number of benzene rings is 1. The molecule has 3 heterocycles. The number of aromatic nitrogens is 2. The number of carbonyl (C=O) groups is 2. The zero-order chi connectivity index (χ0) is 23.7. The molecule has 0 aliphatic carbocycles. The number of ether oxygens (including phenoxy) is 1. The number of carbonyl (C=O) groups excluding carboxylic acids is 2. The van der Waals surface area contributed by atoms with Crippen LogP contribution in [0.25, 0.3) is 0 Å². The van der Waals surface area contributed by atoms with E-state index in [0.29, 0.717) is 19.4 Å². The smallest absolute Gasteiger partial charge is 0.310 e. The first-order valence-corrected chi connectivity index (χ1v) is 10.9. The van der Waals surface area contributed by atoms with Crippen molar-refractivity contribution >= 4 is 35.2 Å². The summed E-state index contributed by atoms with van der Waals surface area (Å²) in [4.78, 5) is 46.8. The lowest BCUT2D eigenvalue weighted by molar-refractivity contribution is -0.148. The fourth-order valence-corrected chi connectivity index (χ4v) is 4.67. The van der Waals surface area contributed by atoms with E-state index in [9.17, 15) is 24.0 Å². The SMILES string of the molecule is CCOC(=O)C1CCCN(c2nc3c(c(=O)[nH]2)C(c2c(F)cccc2Cl)C(C#N)C(=O)N3)C1. The molecule has 1 saturated heterocycles. The second-order valence-electron chi connectivity index (χ2n) is 7.90. The van der Waals surface area contributed by atoms with E-state index in [1.165, 1.54) is 12.1 Å². The number of H-pyrrole nitrogens is 1. The highest BCUT2D eigenvalue weighted by Gasteiger charge is 2.42. The van der Waals surface area contributed by atoms with Crippen molar-refractivity contribution in [3.63, 3.8) is 0 Å². The van der Waals surface area contributed by atoms with Crippen LogP contribution in [0.1, 0.15) is 36.8 Å². The molecular formula is C22H21ClFN5O4. The topological polar surface area (TPSA) is 128 Å². The maximum atomic E-state index is 14.7. The number of rotatable bonds is 4. The third-order valence-corrected chi connectivity index (χ3v) is 6.23. The first kappa shape index (κ1) is 22.7. The molecule has 172 valence electrons. The van der Waals surface area contributed by atoms with Gasteiger partial charge in [0, 0.05) is 29.6 Å². The lowest BCUT2D eigenvalue weighted by Gasteiger charge is -2.33. The Morgan fingerprint density at radius 1 is 1.39 bits per heavy atom. The van der Waals surface area contributed by atoms with Gasteiger partial charge in [0.25, 0.3) is 5.56 Å². The fraction of sp³-hybridized carbons (Fsp3) is 0.409. The van der Waals surface area contributed by atoms with E-state index in [1.54, 1.807) is 11.8 Å². The number of esters is 1. The van der Waals surface area contributed by atoms with Crippen molar-refractivity contribution in [2.75, 3.05) is 29.9 Å². The molecule has 0 radical (unpaired) electrons. The number of amides is 1. The number of halogens is 2. The van der Waals surface area contributed by atoms with Crippen LogP contribution in [0.5, 0.6) is 0 Å². The lowest BCUT2D eigenvalue weighted by Crippen LogP contribution is -2.43. The predicted molar refractivity (Wildman–Crippen MR) is 117 cm³/mol. The van der Waals surface area contributed by atoms with E-state index in [2.05, 4.69) is 15.3 Å². The van der Waals surface area contributed by atoms with Gasteiger partial charge in [-0.1, -0.05) is 17.7 Å². The molecule has 3 atom stereocenters. The molecule has 1 fully saturated rings. The van der Waals surface area contributed by atoms with Crippen molar-refractivity contribution < 1.29 is 18.7 Å². The zero-order valence-electron chi connectivity index (χ0n) is 17.7. The Hall–Kier alpha value is -3.45. The Bertz CT molecular complexity index is 1190. The molecule has 1 aromatic carbocycles. The summed E-state index contributed by atoms with van der Waals surface area (Å²) in [6, 6.07) is 5.83. The van der Waals surface area contributed by atoms with Gasteiger partial charge in [-0.15, -0.1) is 0 Å². The molecule has 11 heteroatoms. The number of hydrogen-bond donors (Lipinski definition) is 2.